The molecule has 0 aromatic heterocycles. The van der Waals surface area contributed by atoms with E-state index in [4.69, 9.17) is 16.3 Å². The maximum Gasteiger partial charge on any atom is 0.333 e. The lowest BCUT2D eigenvalue weighted by molar-refractivity contribution is -0.384. The van der Waals surface area contributed by atoms with Crippen LogP contribution in [0.3, 0.4) is 0 Å². The lowest BCUT2D eigenvalue weighted by atomic mass is 10.3. The number of carbonyl (C=O) groups is 1. The Morgan fingerprint density at radius 3 is 2.74 bits per heavy atom. The van der Waals surface area contributed by atoms with Gasteiger partial charge >= 0.3 is 5.97 Å². The normalized spacial score (nSPS) is 11.0. The molecule has 0 aliphatic heterocycles. The third-order valence-corrected chi connectivity index (χ3v) is 2.57. The van der Waals surface area contributed by atoms with Gasteiger partial charge in [-0.1, -0.05) is 11.6 Å². The minimum Gasteiger partial charge on any atom is -0.489 e. The second-order valence-electron chi connectivity index (χ2n) is 3.56. The van der Waals surface area contributed by atoms with Gasteiger partial charge in [-0.3, -0.25) is 10.1 Å². The van der Waals surface area contributed by atoms with Gasteiger partial charge < -0.3 is 9.47 Å². The second kappa shape index (κ2) is 6.75. The molecule has 0 saturated heterocycles. The molecular formula is C12H12ClNO5. The van der Waals surface area contributed by atoms with E-state index in [-0.39, 0.29) is 17.3 Å². The quantitative estimate of drug-likeness (QED) is 0.360. The first-order valence-corrected chi connectivity index (χ1v) is 5.65. The molecule has 0 fully saturated rings. The minimum absolute atomic E-state index is 0.00355. The maximum atomic E-state index is 11.1. The lowest BCUT2D eigenvalue weighted by Gasteiger charge is -2.04. The van der Waals surface area contributed by atoms with Crippen molar-refractivity contribution in [3.63, 3.8) is 0 Å². The number of nitro groups is 1. The van der Waals surface area contributed by atoms with Crippen molar-refractivity contribution < 1.29 is 19.2 Å². The number of ether oxygens (including phenoxy) is 2. The molecule has 19 heavy (non-hydrogen) atoms. The summed E-state index contributed by atoms with van der Waals surface area (Å²) < 4.78 is 9.81. The first-order chi connectivity index (χ1) is 8.95. The first-order valence-electron chi connectivity index (χ1n) is 5.27. The van der Waals surface area contributed by atoms with E-state index in [9.17, 15) is 14.9 Å². The zero-order valence-electron chi connectivity index (χ0n) is 10.4. The van der Waals surface area contributed by atoms with E-state index in [1.54, 1.807) is 13.0 Å². The number of hydrogen-bond acceptors (Lipinski definition) is 5. The Bertz CT molecular complexity index is 527. The Balaban J connectivity index is 2.67. The van der Waals surface area contributed by atoms with Crippen LogP contribution in [0.25, 0.3) is 0 Å². The highest BCUT2D eigenvalue weighted by Gasteiger charge is 2.12. The van der Waals surface area contributed by atoms with Gasteiger partial charge in [0.2, 0.25) is 0 Å². The van der Waals surface area contributed by atoms with Gasteiger partial charge in [0, 0.05) is 17.7 Å². The standard InChI is InChI=1S/C12H12ClNO5/c1-8(12(15)18-2)5-6-19-9-3-4-11(14(16)17)10(13)7-9/h3-5,7H,6H2,1-2H3. The SMILES string of the molecule is COC(=O)C(C)=CCOc1ccc([N+](=O)[O-])c(Cl)c1. The van der Waals surface area contributed by atoms with E-state index in [1.807, 2.05) is 0 Å². The number of nitro benzene ring substituents is 1. The van der Waals surface area contributed by atoms with Gasteiger partial charge in [0.1, 0.15) is 17.4 Å². The number of esters is 1. The molecule has 1 aromatic rings. The summed E-state index contributed by atoms with van der Waals surface area (Å²) in [6, 6.07) is 4.04. The fraction of sp³-hybridized carbons (Fsp3) is 0.250. The van der Waals surface area contributed by atoms with Crippen LogP contribution in [0.4, 0.5) is 5.69 Å². The number of hydrogen-bond donors (Lipinski definition) is 0. The van der Waals surface area contributed by atoms with Crippen molar-refractivity contribution in [1.82, 2.24) is 0 Å². The highest BCUT2D eigenvalue weighted by Crippen LogP contribution is 2.28. The third-order valence-electron chi connectivity index (χ3n) is 2.26. The van der Waals surface area contributed by atoms with Crippen molar-refractivity contribution in [2.75, 3.05) is 13.7 Å². The fourth-order valence-electron chi connectivity index (χ4n) is 1.23. The van der Waals surface area contributed by atoms with Crippen LogP contribution in [0.5, 0.6) is 5.75 Å². The minimum atomic E-state index is -0.576. The van der Waals surface area contributed by atoms with Crippen molar-refractivity contribution in [3.8, 4) is 5.75 Å². The van der Waals surface area contributed by atoms with Gasteiger partial charge in [0.15, 0.2) is 0 Å². The zero-order chi connectivity index (χ0) is 14.4. The number of benzene rings is 1. The monoisotopic (exact) mass is 285 g/mol. The van der Waals surface area contributed by atoms with Gasteiger partial charge in [-0.15, -0.1) is 0 Å². The molecule has 0 radical (unpaired) electrons. The van der Waals surface area contributed by atoms with Crippen LogP contribution in [0.1, 0.15) is 6.92 Å². The third kappa shape index (κ3) is 4.26. The summed E-state index contributed by atoms with van der Waals surface area (Å²) in [5, 5.41) is 10.6. The number of methoxy groups -OCH3 is 1. The van der Waals surface area contributed by atoms with E-state index in [1.165, 1.54) is 25.3 Å². The molecule has 0 atom stereocenters. The van der Waals surface area contributed by atoms with E-state index in [0.29, 0.717) is 11.3 Å². The first kappa shape index (κ1) is 15.0. The highest BCUT2D eigenvalue weighted by molar-refractivity contribution is 6.32. The van der Waals surface area contributed by atoms with Crippen molar-refractivity contribution in [2.45, 2.75) is 6.92 Å². The molecule has 0 bridgehead atoms. The van der Waals surface area contributed by atoms with Gasteiger partial charge in [0.05, 0.1) is 12.0 Å². The lowest BCUT2D eigenvalue weighted by Crippen LogP contribution is -2.04. The number of halogens is 1. The molecule has 7 heteroatoms. The topological polar surface area (TPSA) is 78.7 Å². The summed E-state index contributed by atoms with van der Waals surface area (Å²) in [4.78, 5) is 21.1. The molecule has 6 nitrogen and oxygen atoms in total. The van der Waals surface area contributed by atoms with Crippen LogP contribution >= 0.6 is 11.6 Å². The molecule has 0 amide bonds. The Labute approximate surface area is 114 Å². The second-order valence-corrected chi connectivity index (χ2v) is 3.97. The van der Waals surface area contributed by atoms with Crippen LogP contribution in [0.2, 0.25) is 5.02 Å². The van der Waals surface area contributed by atoms with Crippen molar-refractivity contribution in [3.05, 3.63) is 45.0 Å². The Morgan fingerprint density at radius 1 is 1.53 bits per heavy atom. The molecule has 0 unspecified atom stereocenters. The maximum absolute atomic E-state index is 11.1. The van der Waals surface area contributed by atoms with E-state index in [0.717, 1.165) is 0 Å². The van der Waals surface area contributed by atoms with Crippen molar-refractivity contribution in [2.24, 2.45) is 0 Å². The van der Waals surface area contributed by atoms with Gasteiger partial charge in [-0.2, -0.15) is 0 Å². The van der Waals surface area contributed by atoms with Crippen LogP contribution in [0.15, 0.2) is 29.8 Å². The number of rotatable bonds is 5. The molecule has 0 aliphatic rings. The van der Waals surface area contributed by atoms with Crippen LogP contribution in [-0.4, -0.2) is 24.6 Å². The number of nitrogens with zero attached hydrogens (tertiary/aromatic N) is 1. The van der Waals surface area contributed by atoms with Crippen LogP contribution < -0.4 is 4.74 Å². The predicted molar refractivity (Wildman–Crippen MR) is 69.4 cm³/mol. The van der Waals surface area contributed by atoms with Crippen LogP contribution in [-0.2, 0) is 9.53 Å². The zero-order valence-corrected chi connectivity index (χ0v) is 11.1. The Kier molecular flexibility index (Phi) is 5.32. The summed E-state index contributed by atoms with van der Waals surface area (Å²) >= 11 is 5.73. The molecule has 102 valence electrons. The Morgan fingerprint density at radius 2 is 2.21 bits per heavy atom. The van der Waals surface area contributed by atoms with Crippen molar-refractivity contribution in [1.29, 1.82) is 0 Å². The molecule has 0 saturated carbocycles. The molecule has 0 spiro atoms. The summed E-state index contributed by atoms with van der Waals surface area (Å²) in [5.74, 6) is -0.0603. The average Bonchev–Trinajstić information content (AvgIpc) is 2.37. The fourth-order valence-corrected chi connectivity index (χ4v) is 1.47. The summed E-state index contributed by atoms with van der Waals surface area (Å²) in [6.07, 6.45) is 1.54. The van der Waals surface area contributed by atoms with Crippen LogP contribution in [0, 0.1) is 10.1 Å². The number of carbonyl (C=O) groups excluding carboxylic acids is 1. The van der Waals surface area contributed by atoms with Gasteiger partial charge in [0.25, 0.3) is 5.69 Å². The molecule has 1 aromatic carbocycles. The highest BCUT2D eigenvalue weighted by atomic mass is 35.5. The van der Waals surface area contributed by atoms with Gasteiger partial charge in [-0.25, -0.2) is 4.79 Å². The predicted octanol–water partition coefficient (Wildman–Crippen LogP) is 2.75. The van der Waals surface area contributed by atoms with Crippen molar-refractivity contribution >= 4 is 23.3 Å². The van der Waals surface area contributed by atoms with E-state index >= 15 is 0 Å². The largest absolute Gasteiger partial charge is 0.489 e. The summed E-state index contributed by atoms with van der Waals surface area (Å²) in [5.41, 5.74) is 0.228. The molecule has 0 aliphatic carbocycles. The molecule has 1 rings (SSSR count). The van der Waals surface area contributed by atoms with E-state index in [2.05, 4.69) is 4.74 Å². The molecule has 0 heterocycles. The molecular weight excluding hydrogens is 274 g/mol. The Hall–Kier alpha value is -2.08. The summed E-state index contributed by atoms with van der Waals surface area (Å²) in [6.45, 7) is 1.73. The van der Waals surface area contributed by atoms with Gasteiger partial charge in [-0.05, 0) is 19.1 Å². The smallest absolute Gasteiger partial charge is 0.333 e. The average molecular weight is 286 g/mol. The summed E-state index contributed by atoms with van der Waals surface area (Å²) in [7, 11) is 1.29. The van der Waals surface area contributed by atoms with E-state index < -0.39 is 10.9 Å². The molecule has 0 N–H and O–H groups in total.